The highest BCUT2D eigenvalue weighted by molar-refractivity contribution is 6.30. The van der Waals surface area contributed by atoms with Crippen LogP contribution in [0.4, 0.5) is 0 Å². The molecule has 4 nitrogen and oxygen atoms in total. The average Bonchev–Trinajstić information content (AvgIpc) is 3.33. The van der Waals surface area contributed by atoms with Gasteiger partial charge in [-0.25, -0.2) is 0 Å². The molecule has 1 aliphatic carbocycles. The van der Waals surface area contributed by atoms with Gasteiger partial charge in [0.15, 0.2) is 0 Å². The van der Waals surface area contributed by atoms with Crippen molar-refractivity contribution in [1.29, 1.82) is 0 Å². The third-order valence-electron chi connectivity index (χ3n) is 5.69. The van der Waals surface area contributed by atoms with Crippen LogP contribution in [0.25, 0.3) is 0 Å². The van der Waals surface area contributed by atoms with E-state index in [1.165, 1.54) is 0 Å². The molecule has 2 unspecified atom stereocenters. The lowest BCUT2D eigenvalue weighted by molar-refractivity contribution is -0.142. The number of likely N-dealkylation sites (tertiary alicyclic amines) is 1. The second-order valence-corrected chi connectivity index (χ2v) is 7.70. The maximum absolute atomic E-state index is 13.3. The Bertz CT molecular complexity index is 847. The van der Waals surface area contributed by atoms with Crippen molar-refractivity contribution in [3.8, 4) is 0 Å². The Labute approximate surface area is 157 Å². The Morgan fingerprint density at radius 3 is 2.38 bits per heavy atom. The van der Waals surface area contributed by atoms with Crippen LogP contribution in [0.1, 0.15) is 29.9 Å². The van der Waals surface area contributed by atoms with Gasteiger partial charge in [0.05, 0.1) is 11.3 Å². The first-order chi connectivity index (χ1) is 12.5. The fourth-order valence-corrected chi connectivity index (χ4v) is 4.29. The molecule has 1 saturated heterocycles. The number of rotatable bonds is 4. The summed E-state index contributed by atoms with van der Waals surface area (Å²) in [5.41, 5.74) is 1.38. The minimum atomic E-state index is -0.846. The molecule has 1 N–H and O–H groups in total. The lowest BCUT2D eigenvalue weighted by atomic mass is 9.89. The van der Waals surface area contributed by atoms with Crippen LogP contribution in [-0.2, 0) is 15.0 Å². The van der Waals surface area contributed by atoms with Crippen LogP contribution in [0.3, 0.4) is 0 Å². The van der Waals surface area contributed by atoms with Gasteiger partial charge < -0.3 is 10.0 Å². The molecule has 0 radical (unpaired) electrons. The zero-order valence-electron chi connectivity index (χ0n) is 14.3. The number of halogens is 1. The summed E-state index contributed by atoms with van der Waals surface area (Å²) in [6.45, 7) is 0.707. The summed E-state index contributed by atoms with van der Waals surface area (Å²) in [7, 11) is 0. The number of hydrogen-bond donors (Lipinski definition) is 1. The molecule has 2 atom stereocenters. The number of aliphatic carboxylic acids is 1. The average molecular weight is 370 g/mol. The van der Waals surface area contributed by atoms with Gasteiger partial charge in [0.25, 0.3) is 0 Å². The number of carbonyl (C=O) groups is 2. The molecule has 1 saturated carbocycles. The fourth-order valence-electron chi connectivity index (χ4n) is 4.10. The van der Waals surface area contributed by atoms with Crippen LogP contribution in [0.5, 0.6) is 0 Å². The monoisotopic (exact) mass is 369 g/mol. The van der Waals surface area contributed by atoms with Crippen molar-refractivity contribution in [3.63, 3.8) is 0 Å². The predicted molar refractivity (Wildman–Crippen MR) is 99.3 cm³/mol. The molecule has 1 aliphatic heterocycles. The number of benzene rings is 2. The number of carbonyl (C=O) groups excluding carboxylic acids is 1. The first kappa shape index (κ1) is 17.1. The normalized spacial score (nSPS) is 23.7. The molecular formula is C21H20ClNO3. The maximum atomic E-state index is 13.3. The largest absolute Gasteiger partial charge is 0.481 e. The molecule has 2 fully saturated rings. The number of carboxylic acids is 1. The molecule has 0 bridgehead atoms. The predicted octanol–water partition coefficient (Wildman–Crippen LogP) is 3.70. The highest BCUT2D eigenvalue weighted by Crippen LogP contribution is 2.51. The van der Waals surface area contributed by atoms with Crippen LogP contribution in [0.15, 0.2) is 54.6 Å². The Balaban J connectivity index is 1.60. The summed E-state index contributed by atoms with van der Waals surface area (Å²) >= 11 is 6.11. The number of hydrogen-bond acceptors (Lipinski definition) is 2. The topological polar surface area (TPSA) is 57.6 Å². The fraction of sp³-hybridized carbons (Fsp3) is 0.333. The van der Waals surface area contributed by atoms with E-state index in [9.17, 15) is 14.7 Å². The van der Waals surface area contributed by atoms with Crippen molar-refractivity contribution in [1.82, 2.24) is 4.90 Å². The van der Waals surface area contributed by atoms with Gasteiger partial charge in [-0.3, -0.25) is 9.59 Å². The molecule has 26 heavy (non-hydrogen) atoms. The van der Waals surface area contributed by atoms with E-state index in [0.29, 0.717) is 11.6 Å². The highest BCUT2D eigenvalue weighted by Gasteiger charge is 2.55. The van der Waals surface area contributed by atoms with Gasteiger partial charge >= 0.3 is 5.97 Å². The van der Waals surface area contributed by atoms with Crippen molar-refractivity contribution < 1.29 is 14.7 Å². The summed E-state index contributed by atoms with van der Waals surface area (Å²) in [5, 5.41) is 10.3. The van der Waals surface area contributed by atoms with Crippen LogP contribution >= 0.6 is 11.6 Å². The molecule has 0 spiro atoms. The van der Waals surface area contributed by atoms with E-state index < -0.39 is 17.3 Å². The number of nitrogens with zero attached hydrogens (tertiary/aromatic N) is 1. The van der Waals surface area contributed by atoms with Gasteiger partial charge in [-0.2, -0.15) is 0 Å². The zero-order valence-corrected chi connectivity index (χ0v) is 15.0. The third kappa shape index (κ3) is 2.88. The van der Waals surface area contributed by atoms with E-state index in [1.807, 2.05) is 48.5 Å². The number of amides is 1. The quantitative estimate of drug-likeness (QED) is 0.894. The van der Waals surface area contributed by atoms with E-state index in [2.05, 4.69) is 0 Å². The molecule has 1 amide bonds. The van der Waals surface area contributed by atoms with Crippen LogP contribution in [0, 0.1) is 5.92 Å². The molecule has 4 rings (SSSR count). The van der Waals surface area contributed by atoms with E-state index in [4.69, 9.17) is 11.6 Å². The second-order valence-electron chi connectivity index (χ2n) is 7.26. The van der Waals surface area contributed by atoms with E-state index >= 15 is 0 Å². The van der Waals surface area contributed by atoms with Crippen molar-refractivity contribution in [2.24, 2.45) is 5.92 Å². The van der Waals surface area contributed by atoms with Gasteiger partial charge in [0.2, 0.25) is 5.91 Å². The molecule has 2 aromatic carbocycles. The minimum Gasteiger partial charge on any atom is -0.481 e. The van der Waals surface area contributed by atoms with Gasteiger partial charge in [-0.15, -0.1) is 0 Å². The standard InChI is InChI=1S/C21H20ClNO3/c22-16-8-4-7-15(11-16)21(9-10-21)20(26)23-12-17(18(13-23)19(24)25)14-5-2-1-3-6-14/h1-8,11,17-18H,9-10,12-13H2,(H,24,25). The zero-order chi connectivity index (χ0) is 18.3. The van der Waals surface area contributed by atoms with Gasteiger partial charge in [0, 0.05) is 24.0 Å². The summed E-state index contributed by atoms with van der Waals surface area (Å²) in [6, 6.07) is 17.1. The van der Waals surface area contributed by atoms with E-state index in [1.54, 1.807) is 11.0 Å². The Kier molecular flexibility index (Phi) is 4.23. The smallest absolute Gasteiger partial charge is 0.308 e. The lowest BCUT2D eigenvalue weighted by Gasteiger charge is -2.24. The Morgan fingerprint density at radius 2 is 1.77 bits per heavy atom. The van der Waals surface area contributed by atoms with Gasteiger partial charge in [0.1, 0.15) is 0 Å². The highest BCUT2D eigenvalue weighted by atomic mass is 35.5. The third-order valence-corrected chi connectivity index (χ3v) is 5.92. The molecule has 2 aromatic rings. The summed E-state index contributed by atoms with van der Waals surface area (Å²) in [4.78, 5) is 26.8. The molecule has 134 valence electrons. The van der Waals surface area contributed by atoms with Crippen molar-refractivity contribution in [3.05, 3.63) is 70.7 Å². The lowest BCUT2D eigenvalue weighted by Crippen LogP contribution is -2.38. The van der Waals surface area contributed by atoms with E-state index in [-0.39, 0.29) is 18.4 Å². The van der Waals surface area contributed by atoms with E-state index in [0.717, 1.165) is 24.0 Å². The minimum absolute atomic E-state index is 0.0319. The molecule has 5 heteroatoms. The van der Waals surface area contributed by atoms with Gasteiger partial charge in [-0.1, -0.05) is 54.1 Å². The molecule has 0 aromatic heterocycles. The summed E-state index contributed by atoms with van der Waals surface area (Å²) in [6.07, 6.45) is 1.58. The van der Waals surface area contributed by atoms with Gasteiger partial charge in [-0.05, 0) is 36.1 Å². The van der Waals surface area contributed by atoms with Crippen molar-refractivity contribution in [2.75, 3.05) is 13.1 Å². The summed E-state index contributed by atoms with van der Waals surface area (Å²) < 4.78 is 0. The van der Waals surface area contributed by atoms with Crippen molar-refractivity contribution in [2.45, 2.75) is 24.2 Å². The molecular weight excluding hydrogens is 350 g/mol. The van der Waals surface area contributed by atoms with Crippen LogP contribution in [0.2, 0.25) is 5.02 Å². The maximum Gasteiger partial charge on any atom is 0.308 e. The summed E-state index contributed by atoms with van der Waals surface area (Å²) in [5.74, 6) is -1.56. The Hall–Kier alpha value is -2.33. The first-order valence-electron chi connectivity index (χ1n) is 8.84. The van der Waals surface area contributed by atoms with Crippen LogP contribution < -0.4 is 0 Å². The SMILES string of the molecule is O=C(O)C1CN(C(=O)C2(c3cccc(Cl)c3)CC2)CC1c1ccccc1. The molecule has 2 aliphatic rings. The Morgan fingerprint density at radius 1 is 1.04 bits per heavy atom. The second kappa shape index (κ2) is 6.44. The van der Waals surface area contributed by atoms with Crippen LogP contribution in [-0.4, -0.2) is 35.0 Å². The van der Waals surface area contributed by atoms with Crippen molar-refractivity contribution >= 4 is 23.5 Å². The first-order valence-corrected chi connectivity index (χ1v) is 9.22. The molecule has 1 heterocycles. The number of carboxylic acid groups (broad SMARTS) is 1.